The van der Waals surface area contributed by atoms with Crippen LogP contribution in [0.2, 0.25) is 0 Å². The Morgan fingerprint density at radius 1 is 1.44 bits per heavy atom. The van der Waals surface area contributed by atoms with Crippen molar-refractivity contribution in [2.24, 2.45) is 4.99 Å². The van der Waals surface area contributed by atoms with Crippen molar-refractivity contribution in [3.63, 3.8) is 0 Å². The third-order valence-corrected chi connectivity index (χ3v) is 2.63. The summed E-state index contributed by atoms with van der Waals surface area (Å²) in [4.78, 5) is 4.31. The normalized spacial score (nSPS) is 16.2. The molecule has 1 atom stereocenters. The van der Waals surface area contributed by atoms with Crippen molar-refractivity contribution < 1.29 is 4.74 Å². The molecule has 4 heteroatoms. The predicted molar refractivity (Wildman–Crippen MR) is 64.8 cm³/mol. The number of hydrogen-bond acceptors (Lipinski definition) is 4. The number of rotatable bonds is 3. The molecule has 2 rings (SSSR count). The number of aliphatic imine (C=N–C) groups is 1. The molecule has 86 valence electrons. The van der Waals surface area contributed by atoms with Crippen LogP contribution in [0.3, 0.4) is 0 Å². The quantitative estimate of drug-likeness (QED) is 0.805. The molecular weight excluding hydrogens is 202 g/mol. The molecule has 16 heavy (non-hydrogen) atoms. The topological polar surface area (TPSA) is 45.6 Å². The highest BCUT2D eigenvalue weighted by Crippen LogP contribution is 2.24. The summed E-state index contributed by atoms with van der Waals surface area (Å²) in [5, 5.41) is 6.52. The van der Waals surface area contributed by atoms with Crippen molar-refractivity contribution in [1.29, 1.82) is 0 Å². The number of hydrogen-bond donors (Lipinski definition) is 2. The fraction of sp³-hybridized carbons (Fsp3) is 0.417. The van der Waals surface area contributed by atoms with E-state index in [0.29, 0.717) is 0 Å². The van der Waals surface area contributed by atoms with Gasteiger partial charge in [0.15, 0.2) is 5.96 Å². The highest BCUT2D eigenvalue weighted by atomic mass is 16.5. The summed E-state index contributed by atoms with van der Waals surface area (Å²) in [6, 6.07) is 8.20. The van der Waals surface area contributed by atoms with Crippen molar-refractivity contribution in [1.82, 2.24) is 10.6 Å². The lowest BCUT2D eigenvalue weighted by Crippen LogP contribution is -2.35. The number of benzene rings is 1. The van der Waals surface area contributed by atoms with E-state index in [1.807, 2.05) is 18.2 Å². The van der Waals surface area contributed by atoms with E-state index in [1.165, 1.54) is 0 Å². The lowest BCUT2D eigenvalue weighted by atomic mass is 10.1. The van der Waals surface area contributed by atoms with Gasteiger partial charge in [-0.15, -0.1) is 0 Å². The highest BCUT2D eigenvalue weighted by molar-refractivity contribution is 5.81. The minimum Gasteiger partial charge on any atom is -0.496 e. The van der Waals surface area contributed by atoms with Crippen LogP contribution in [0.5, 0.6) is 5.75 Å². The van der Waals surface area contributed by atoms with Crippen LogP contribution >= 0.6 is 0 Å². The molecule has 0 saturated carbocycles. The van der Waals surface area contributed by atoms with Gasteiger partial charge in [-0.1, -0.05) is 18.2 Å². The first-order chi connectivity index (χ1) is 7.81. The van der Waals surface area contributed by atoms with Gasteiger partial charge < -0.3 is 15.4 Å². The van der Waals surface area contributed by atoms with Crippen molar-refractivity contribution >= 4 is 5.96 Å². The van der Waals surface area contributed by atoms with Gasteiger partial charge in [-0.3, -0.25) is 4.99 Å². The van der Waals surface area contributed by atoms with Crippen molar-refractivity contribution in [2.45, 2.75) is 13.0 Å². The van der Waals surface area contributed by atoms with Crippen LogP contribution in [0, 0.1) is 0 Å². The van der Waals surface area contributed by atoms with Crippen LogP contribution in [0.4, 0.5) is 0 Å². The highest BCUT2D eigenvalue weighted by Gasteiger charge is 2.13. The standard InChI is InChI=1S/C12H17N3O/c1-9(15-12-13-7-8-14-12)10-5-3-4-6-11(10)16-2/h3-6,9H,7-8H2,1-2H3,(H2,13,14,15)/t9-/m1/s1. The zero-order chi connectivity index (χ0) is 11.4. The number of guanidine groups is 1. The molecule has 4 nitrogen and oxygen atoms in total. The van der Waals surface area contributed by atoms with E-state index in [-0.39, 0.29) is 6.04 Å². The maximum absolute atomic E-state index is 5.33. The van der Waals surface area contributed by atoms with Gasteiger partial charge >= 0.3 is 0 Å². The van der Waals surface area contributed by atoms with Gasteiger partial charge in [-0.2, -0.15) is 0 Å². The monoisotopic (exact) mass is 219 g/mol. The maximum atomic E-state index is 5.33. The third-order valence-electron chi connectivity index (χ3n) is 2.63. The van der Waals surface area contributed by atoms with E-state index in [0.717, 1.165) is 30.4 Å². The minimum absolute atomic E-state index is 0.181. The van der Waals surface area contributed by atoms with Crippen LogP contribution in [-0.2, 0) is 0 Å². The van der Waals surface area contributed by atoms with Gasteiger partial charge in [-0.25, -0.2) is 0 Å². The molecule has 0 aliphatic carbocycles. The van der Waals surface area contributed by atoms with E-state index < -0.39 is 0 Å². The second-order valence-corrected chi connectivity index (χ2v) is 3.77. The first-order valence-electron chi connectivity index (χ1n) is 5.49. The third kappa shape index (κ3) is 2.27. The van der Waals surface area contributed by atoms with Crippen LogP contribution in [-0.4, -0.2) is 26.2 Å². The number of nitrogens with one attached hydrogen (secondary N) is 2. The van der Waals surface area contributed by atoms with Crippen LogP contribution in [0.15, 0.2) is 29.3 Å². The summed E-state index contributed by atoms with van der Waals surface area (Å²) in [5.41, 5.74) is 1.14. The Kier molecular flexibility index (Phi) is 3.29. The maximum Gasteiger partial charge on any atom is 0.191 e. The minimum atomic E-state index is 0.181. The second-order valence-electron chi connectivity index (χ2n) is 3.77. The molecule has 0 bridgehead atoms. The van der Waals surface area contributed by atoms with Gasteiger partial charge in [-0.05, 0) is 13.0 Å². The van der Waals surface area contributed by atoms with E-state index in [1.54, 1.807) is 7.11 Å². The smallest absolute Gasteiger partial charge is 0.191 e. The Hall–Kier alpha value is -1.71. The molecule has 0 radical (unpaired) electrons. The van der Waals surface area contributed by atoms with Crippen molar-refractivity contribution in [3.05, 3.63) is 29.8 Å². The number of para-hydroxylation sites is 1. The van der Waals surface area contributed by atoms with Gasteiger partial charge in [0, 0.05) is 12.1 Å². The van der Waals surface area contributed by atoms with Crippen LogP contribution in [0.25, 0.3) is 0 Å². The first-order valence-corrected chi connectivity index (χ1v) is 5.49. The lowest BCUT2D eigenvalue weighted by molar-refractivity contribution is 0.405. The molecule has 1 aromatic carbocycles. The number of nitrogens with zero attached hydrogens (tertiary/aromatic N) is 1. The zero-order valence-electron chi connectivity index (χ0n) is 9.66. The molecule has 1 aromatic rings. The van der Waals surface area contributed by atoms with E-state index in [4.69, 9.17) is 4.74 Å². The Labute approximate surface area is 95.7 Å². The average Bonchev–Trinajstić information content (AvgIpc) is 2.81. The number of ether oxygens (including phenoxy) is 1. The Morgan fingerprint density at radius 2 is 2.25 bits per heavy atom. The van der Waals surface area contributed by atoms with Gasteiger partial charge in [0.2, 0.25) is 0 Å². The zero-order valence-corrected chi connectivity index (χ0v) is 9.66. The summed E-state index contributed by atoms with van der Waals surface area (Å²) in [7, 11) is 1.69. The molecule has 0 fully saturated rings. The molecule has 1 heterocycles. The molecular formula is C12H17N3O. The van der Waals surface area contributed by atoms with Gasteiger partial charge in [0.25, 0.3) is 0 Å². The molecule has 1 aliphatic rings. The fourth-order valence-electron chi connectivity index (χ4n) is 1.80. The van der Waals surface area contributed by atoms with Crippen molar-refractivity contribution in [2.75, 3.05) is 20.2 Å². The van der Waals surface area contributed by atoms with Crippen molar-refractivity contribution in [3.8, 4) is 5.75 Å². The van der Waals surface area contributed by atoms with E-state index in [9.17, 15) is 0 Å². The number of methoxy groups -OCH3 is 1. The summed E-state index contributed by atoms with van der Waals surface area (Å²) in [6.45, 7) is 3.86. The largest absolute Gasteiger partial charge is 0.496 e. The Bertz CT molecular complexity index is 390. The average molecular weight is 219 g/mol. The fourth-order valence-corrected chi connectivity index (χ4v) is 1.80. The Morgan fingerprint density at radius 3 is 2.94 bits per heavy atom. The van der Waals surface area contributed by atoms with E-state index >= 15 is 0 Å². The van der Waals surface area contributed by atoms with Crippen LogP contribution in [0.1, 0.15) is 18.5 Å². The van der Waals surface area contributed by atoms with E-state index in [2.05, 4.69) is 28.6 Å². The SMILES string of the molecule is COc1ccccc1[C@@H](C)NC1=NCCN1. The van der Waals surface area contributed by atoms with Gasteiger partial charge in [0.1, 0.15) is 5.75 Å². The summed E-state index contributed by atoms with van der Waals surface area (Å²) in [6.07, 6.45) is 0. The summed E-state index contributed by atoms with van der Waals surface area (Å²) < 4.78 is 5.33. The molecule has 0 unspecified atom stereocenters. The molecule has 0 amide bonds. The first kappa shape index (κ1) is 10.8. The molecule has 0 saturated heterocycles. The molecule has 0 spiro atoms. The molecule has 0 aromatic heterocycles. The van der Waals surface area contributed by atoms with Crippen LogP contribution < -0.4 is 15.4 Å². The Balaban J connectivity index is 2.10. The van der Waals surface area contributed by atoms with Gasteiger partial charge in [0.05, 0.1) is 19.7 Å². The molecule has 2 N–H and O–H groups in total. The predicted octanol–water partition coefficient (Wildman–Crippen LogP) is 1.30. The lowest BCUT2D eigenvalue weighted by Gasteiger charge is -2.18. The molecule has 1 aliphatic heterocycles. The second kappa shape index (κ2) is 4.88. The summed E-state index contributed by atoms with van der Waals surface area (Å²) >= 11 is 0. The summed E-state index contributed by atoms with van der Waals surface area (Å²) in [5.74, 6) is 1.78.